The number of nitrogens with one attached hydrogen (secondary N) is 2. The van der Waals surface area contributed by atoms with E-state index in [-0.39, 0.29) is 10.7 Å². The number of aryl methyl sites for hydroxylation is 3. The van der Waals surface area contributed by atoms with Crippen molar-refractivity contribution in [3.8, 4) is 5.82 Å². The van der Waals surface area contributed by atoms with Crippen LogP contribution in [0.3, 0.4) is 0 Å². The zero-order valence-electron chi connectivity index (χ0n) is 12.8. The summed E-state index contributed by atoms with van der Waals surface area (Å²) in [6.45, 7) is 5.09. The van der Waals surface area contributed by atoms with Crippen molar-refractivity contribution >= 4 is 15.8 Å². The molecule has 3 rings (SSSR count). The van der Waals surface area contributed by atoms with Gasteiger partial charge in [0.05, 0.1) is 11.4 Å². The molecule has 10 heteroatoms. The molecule has 0 aromatic carbocycles. The summed E-state index contributed by atoms with van der Waals surface area (Å²) in [6, 6.07) is 1.54. The third-order valence-corrected chi connectivity index (χ3v) is 4.91. The quantitative estimate of drug-likeness (QED) is 0.738. The van der Waals surface area contributed by atoms with Gasteiger partial charge in [0, 0.05) is 18.5 Å². The predicted molar refractivity (Wildman–Crippen MR) is 82.8 cm³/mol. The molecule has 3 aromatic rings. The number of rotatable bonds is 4. The van der Waals surface area contributed by atoms with E-state index in [9.17, 15) is 8.42 Å². The summed E-state index contributed by atoms with van der Waals surface area (Å²) in [6.07, 6.45) is 4.67. The minimum absolute atomic E-state index is 0.122. The molecule has 0 radical (unpaired) electrons. The molecule has 0 spiro atoms. The lowest BCUT2D eigenvalue weighted by Crippen LogP contribution is -2.16. The molecule has 3 heterocycles. The van der Waals surface area contributed by atoms with E-state index in [1.165, 1.54) is 12.4 Å². The lowest BCUT2D eigenvalue weighted by Gasteiger charge is -2.09. The average molecular weight is 333 g/mol. The molecule has 0 fully saturated rings. The number of aromatic nitrogens is 6. The van der Waals surface area contributed by atoms with Crippen LogP contribution in [0.5, 0.6) is 0 Å². The summed E-state index contributed by atoms with van der Waals surface area (Å²) in [5, 5.41) is 6.56. The van der Waals surface area contributed by atoms with Crippen molar-refractivity contribution in [2.75, 3.05) is 4.72 Å². The van der Waals surface area contributed by atoms with Crippen molar-refractivity contribution in [2.24, 2.45) is 0 Å². The van der Waals surface area contributed by atoms with Crippen LogP contribution in [0.1, 0.15) is 17.2 Å². The molecule has 0 aliphatic heterocycles. The zero-order chi connectivity index (χ0) is 16.6. The normalized spacial score (nSPS) is 11.6. The van der Waals surface area contributed by atoms with E-state index in [4.69, 9.17) is 0 Å². The first kappa shape index (κ1) is 15.2. The van der Waals surface area contributed by atoms with Crippen LogP contribution in [0.4, 0.5) is 5.82 Å². The lowest BCUT2D eigenvalue weighted by atomic mass is 10.4. The molecule has 0 saturated heterocycles. The van der Waals surface area contributed by atoms with Gasteiger partial charge in [0.1, 0.15) is 28.7 Å². The molecule has 0 unspecified atom stereocenters. The van der Waals surface area contributed by atoms with E-state index < -0.39 is 10.0 Å². The Hall–Kier alpha value is -2.75. The number of aromatic amines is 1. The second kappa shape index (κ2) is 5.47. The summed E-state index contributed by atoms with van der Waals surface area (Å²) >= 11 is 0. The van der Waals surface area contributed by atoms with Gasteiger partial charge in [-0.3, -0.25) is 14.4 Å². The van der Waals surface area contributed by atoms with Gasteiger partial charge in [0.2, 0.25) is 0 Å². The van der Waals surface area contributed by atoms with Gasteiger partial charge in [0.25, 0.3) is 10.0 Å². The molecule has 0 aliphatic carbocycles. The Bertz CT molecular complexity index is 939. The second-order valence-corrected chi connectivity index (χ2v) is 6.59. The summed E-state index contributed by atoms with van der Waals surface area (Å²) in [5.74, 6) is 1.43. The average Bonchev–Trinajstić information content (AvgIpc) is 3.05. The van der Waals surface area contributed by atoms with E-state index >= 15 is 0 Å². The fourth-order valence-electron chi connectivity index (χ4n) is 2.28. The maximum Gasteiger partial charge on any atom is 0.266 e. The van der Waals surface area contributed by atoms with Crippen LogP contribution < -0.4 is 4.72 Å². The molecule has 23 heavy (non-hydrogen) atoms. The van der Waals surface area contributed by atoms with Gasteiger partial charge in [-0.05, 0) is 20.8 Å². The zero-order valence-corrected chi connectivity index (χ0v) is 13.6. The molecule has 3 aromatic heterocycles. The van der Waals surface area contributed by atoms with Gasteiger partial charge >= 0.3 is 0 Å². The Morgan fingerprint density at radius 3 is 2.57 bits per heavy atom. The molecule has 0 saturated carbocycles. The molecule has 0 aliphatic rings. The summed E-state index contributed by atoms with van der Waals surface area (Å²) in [5.41, 5.74) is 0.865. The highest BCUT2D eigenvalue weighted by atomic mass is 32.2. The Morgan fingerprint density at radius 2 is 1.96 bits per heavy atom. The summed E-state index contributed by atoms with van der Waals surface area (Å²) in [4.78, 5) is 12.3. The van der Waals surface area contributed by atoms with Crippen LogP contribution in [0, 0.1) is 20.8 Å². The topological polar surface area (TPSA) is 118 Å². The van der Waals surface area contributed by atoms with Crippen molar-refractivity contribution in [3.05, 3.63) is 42.0 Å². The highest BCUT2D eigenvalue weighted by molar-refractivity contribution is 7.92. The van der Waals surface area contributed by atoms with Gasteiger partial charge in [-0.15, -0.1) is 0 Å². The molecule has 2 N–H and O–H groups in total. The van der Waals surface area contributed by atoms with Crippen molar-refractivity contribution in [2.45, 2.75) is 25.7 Å². The van der Waals surface area contributed by atoms with Crippen LogP contribution >= 0.6 is 0 Å². The third-order valence-electron chi connectivity index (χ3n) is 3.29. The van der Waals surface area contributed by atoms with Gasteiger partial charge in [-0.25, -0.2) is 23.4 Å². The highest BCUT2D eigenvalue weighted by Crippen LogP contribution is 2.20. The number of sulfonamides is 1. The van der Waals surface area contributed by atoms with E-state index in [1.54, 1.807) is 30.8 Å². The summed E-state index contributed by atoms with van der Waals surface area (Å²) in [7, 11) is -3.79. The predicted octanol–water partition coefficient (Wildman–Crippen LogP) is 1.11. The number of hydrogen-bond donors (Lipinski definition) is 2. The number of H-pyrrole nitrogens is 1. The Morgan fingerprint density at radius 1 is 1.17 bits per heavy atom. The SMILES string of the molecule is Cc1n[nH]c(C)c1S(=O)(=O)Nc1cc(-n2ccnc2C)ncn1. The highest BCUT2D eigenvalue weighted by Gasteiger charge is 2.23. The van der Waals surface area contributed by atoms with Crippen molar-refractivity contribution in [1.29, 1.82) is 0 Å². The maximum atomic E-state index is 12.5. The van der Waals surface area contributed by atoms with Crippen molar-refractivity contribution < 1.29 is 8.42 Å². The fraction of sp³-hybridized carbons (Fsp3) is 0.231. The molecule has 0 amide bonds. The molecule has 0 atom stereocenters. The van der Waals surface area contributed by atoms with E-state index in [1.807, 2.05) is 6.92 Å². The van der Waals surface area contributed by atoms with E-state index in [0.717, 1.165) is 5.82 Å². The molecule has 120 valence electrons. The first-order valence-electron chi connectivity index (χ1n) is 6.75. The minimum Gasteiger partial charge on any atom is -0.288 e. The van der Waals surface area contributed by atoms with Crippen LogP contribution in [-0.4, -0.2) is 38.1 Å². The summed E-state index contributed by atoms with van der Waals surface area (Å²) < 4.78 is 29.2. The second-order valence-electron chi connectivity index (χ2n) is 4.97. The van der Waals surface area contributed by atoms with Crippen molar-refractivity contribution in [1.82, 2.24) is 29.7 Å². The Balaban J connectivity index is 1.97. The van der Waals surface area contributed by atoms with Gasteiger partial charge < -0.3 is 0 Å². The first-order chi connectivity index (χ1) is 10.9. The smallest absolute Gasteiger partial charge is 0.266 e. The van der Waals surface area contributed by atoms with Crippen LogP contribution in [0.2, 0.25) is 0 Å². The van der Waals surface area contributed by atoms with E-state index in [0.29, 0.717) is 17.2 Å². The number of nitrogens with zero attached hydrogens (tertiary/aromatic N) is 5. The molecular weight excluding hydrogens is 318 g/mol. The van der Waals surface area contributed by atoms with Crippen LogP contribution in [-0.2, 0) is 10.0 Å². The standard InChI is InChI=1S/C13H15N7O2S/c1-8-13(9(2)18-17-8)23(21,22)19-11-6-12(16-7-15-11)20-5-4-14-10(20)3/h4-7H,1-3H3,(H,17,18)(H,15,16,19). The Labute approximate surface area is 132 Å². The molecule has 9 nitrogen and oxygen atoms in total. The van der Waals surface area contributed by atoms with Crippen molar-refractivity contribution in [3.63, 3.8) is 0 Å². The third kappa shape index (κ3) is 2.80. The fourth-order valence-corrected chi connectivity index (χ4v) is 3.65. The van der Waals surface area contributed by atoms with Gasteiger partial charge in [0.15, 0.2) is 0 Å². The number of imidazole rings is 1. The minimum atomic E-state index is -3.79. The maximum absolute atomic E-state index is 12.5. The largest absolute Gasteiger partial charge is 0.288 e. The van der Waals surface area contributed by atoms with Gasteiger partial charge in [-0.2, -0.15) is 5.10 Å². The molecular formula is C13H15N7O2S. The van der Waals surface area contributed by atoms with Crippen LogP contribution in [0.25, 0.3) is 5.82 Å². The first-order valence-corrected chi connectivity index (χ1v) is 8.23. The Kier molecular flexibility index (Phi) is 3.60. The number of anilines is 1. The van der Waals surface area contributed by atoms with Crippen LogP contribution in [0.15, 0.2) is 29.7 Å². The monoisotopic (exact) mass is 333 g/mol. The molecule has 0 bridgehead atoms. The lowest BCUT2D eigenvalue weighted by molar-refractivity contribution is 0.600. The van der Waals surface area contributed by atoms with Gasteiger partial charge in [-0.1, -0.05) is 0 Å². The number of hydrogen-bond acceptors (Lipinski definition) is 6. The van der Waals surface area contributed by atoms with E-state index in [2.05, 4.69) is 29.9 Å².